The zero-order valence-corrected chi connectivity index (χ0v) is 9.36. The molecule has 1 aromatic rings. The zero-order valence-electron chi connectivity index (χ0n) is 9.36. The van der Waals surface area contributed by atoms with Crippen LogP contribution < -0.4 is 5.73 Å². The van der Waals surface area contributed by atoms with Crippen molar-refractivity contribution in [1.29, 1.82) is 0 Å². The van der Waals surface area contributed by atoms with Gasteiger partial charge in [0.2, 0.25) is 0 Å². The van der Waals surface area contributed by atoms with Crippen LogP contribution in [0.1, 0.15) is 32.0 Å². The van der Waals surface area contributed by atoms with Gasteiger partial charge < -0.3 is 10.5 Å². The van der Waals surface area contributed by atoms with E-state index in [2.05, 4.69) is 5.10 Å². The number of hydrogen-bond donors (Lipinski definition) is 1. The van der Waals surface area contributed by atoms with E-state index in [-0.39, 0.29) is 12.0 Å². The van der Waals surface area contributed by atoms with E-state index in [0.29, 0.717) is 18.7 Å². The molecule has 1 atom stereocenters. The number of nitrogens with two attached hydrogens (primary N) is 1. The Morgan fingerprint density at radius 3 is 2.73 bits per heavy atom. The average molecular weight is 211 g/mol. The lowest BCUT2D eigenvalue weighted by atomic mass is 10.2. The number of hydrogen-bond acceptors (Lipinski definition) is 4. The first-order valence-electron chi connectivity index (χ1n) is 5.08. The van der Waals surface area contributed by atoms with Crippen LogP contribution >= 0.6 is 0 Å². The summed E-state index contributed by atoms with van der Waals surface area (Å²) >= 11 is 0. The monoisotopic (exact) mass is 211 g/mol. The summed E-state index contributed by atoms with van der Waals surface area (Å²) < 4.78 is 6.59. The van der Waals surface area contributed by atoms with Crippen molar-refractivity contribution in [2.75, 3.05) is 12.3 Å². The van der Waals surface area contributed by atoms with Crippen molar-refractivity contribution in [2.45, 2.75) is 33.2 Å². The molecular formula is C10H17N3O2. The van der Waals surface area contributed by atoms with Gasteiger partial charge in [-0.15, -0.1) is 0 Å². The quantitative estimate of drug-likeness (QED) is 0.762. The maximum atomic E-state index is 11.6. The molecule has 0 amide bonds. The number of nitrogen functional groups attached to an aromatic ring is 1. The fourth-order valence-corrected chi connectivity index (χ4v) is 1.43. The predicted octanol–water partition coefficient (Wildman–Crippen LogP) is 1.29. The molecule has 2 N–H and O–H groups in total. The van der Waals surface area contributed by atoms with E-state index in [1.165, 1.54) is 0 Å². The minimum Gasteiger partial charge on any atom is -0.464 e. The molecule has 0 aliphatic heterocycles. The van der Waals surface area contributed by atoms with Gasteiger partial charge in [-0.3, -0.25) is 4.68 Å². The summed E-state index contributed by atoms with van der Waals surface area (Å²) in [4.78, 5) is 11.6. The molecule has 0 saturated carbocycles. The summed E-state index contributed by atoms with van der Waals surface area (Å²) in [6.45, 7) is 5.92. The van der Waals surface area contributed by atoms with Gasteiger partial charge in [-0.1, -0.05) is 6.92 Å². The van der Waals surface area contributed by atoms with Crippen molar-refractivity contribution < 1.29 is 9.53 Å². The fraction of sp³-hybridized carbons (Fsp3) is 0.600. The topological polar surface area (TPSA) is 70.1 Å². The van der Waals surface area contributed by atoms with Crippen molar-refractivity contribution in [3.8, 4) is 0 Å². The minimum atomic E-state index is -0.373. The first-order valence-corrected chi connectivity index (χ1v) is 5.08. The standard InChI is InChI=1S/C10H17N3O2/c1-4-9(10(14)15-5-2)13-7(3)8(11)6-12-13/h6,9H,4-5,11H2,1-3H3. The summed E-state index contributed by atoms with van der Waals surface area (Å²) in [5.41, 5.74) is 7.07. The van der Waals surface area contributed by atoms with E-state index in [1.54, 1.807) is 17.8 Å². The van der Waals surface area contributed by atoms with Gasteiger partial charge in [0.05, 0.1) is 24.2 Å². The highest BCUT2D eigenvalue weighted by Gasteiger charge is 2.22. The largest absolute Gasteiger partial charge is 0.464 e. The van der Waals surface area contributed by atoms with E-state index in [1.807, 2.05) is 13.8 Å². The number of carbonyl (C=O) groups is 1. The van der Waals surface area contributed by atoms with Crippen LogP contribution in [0.2, 0.25) is 0 Å². The highest BCUT2D eigenvalue weighted by molar-refractivity contribution is 5.74. The maximum absolute atomic E-state index is 11.6. The molecule has 84 valence electrons. The molecule has 15 heavy (non-hydrogen) atoms. The molecule has 1 unspecified atom stereocenters. The van der Waals surface area contributed by atoms with Gasteiger partial charge in [0.15, 0.2) is 0 Å². The Kier molecular flexibility index (Phi) is 3.71. The van der Waals surface area contributed by atoms with Gasteiger partial charge in [0, 0.05) is 0 Å². The molecule has 1 rings (SSSR count). The third kappa shape index (κ3) is 2.29. The van der Waals surface area contributed by atoms with Crippen LogP contribution in [-0.4, -0.2) is 22.4 Å². The highest BCUT2D eigenvalue weighted by Crippen LogP contribution is 2.18. The second-order valence-electron chi connectivity index (χ2n) is 3.31. The van der Waals surface area contributed by atoms with Crippen LogP contribution in [0.5, 0.6) is 0 Å². The molecule has 1 heterocycles. The molecule has 0 aliphatic carbocycles. The van der Waals surface area contributed by atoms with E-state index in [4.69, 9.17) is 10.5 Å². The summed E-state index contributed by atoms with van der Waals surface area (Å²) in [7, 11) is 0. The Morgan fingerprint density at radius 2 is 2.33 bits per heavy atom. The van der Waals surface area contributed by atoms with Crippen LogP contribution in [-0.2, 0) is 9.53 Å². The van der Waals surface area contributed by atoms with Crippen LogP contribution in [0, 0.1) is 6.92 Å². The number of aromatic nitrogens is 2. The molecule has 5 nitrogen and oxygen atoms in total. The van der Waals surface area contributed by atoms with Crippen molar-refractivity contribution in [3.63, 3.8) is 0 Å². The van der Waals surface area contributed by atoms with E-state index >= 15 is 0 Å². The van der Waals surface area contributed by atoms with E-state index < -0.39 is 0 Å². The predicted molar refractivity (Wildman–Crippen MR) is 57.3 cm³/mol. The number of nitrogens with zero attached hydrogens (tertiary/aromatic N) is 2. The molecule has 1 aromatic heterocycles. The van der Waals surface area contributed by atoms with E-state index in [0.717, 1.165) is 5.69 Å². The van der Waals surface area contributed by atoms with Gasteiger partial charge in [0.25, 0.3) is 0 Å². The Balaban J connectivity index is 2.92. The first-order chi connectivity index (χ1) is 7.11. The Hall–Kier alpha value is -1.52. The van der Waals surface area contributed by atoms with Crippen LogP contribution in [0.15, 0.2) is 6.20 Å². The highest BCUT2D eigenvalue weighted by atomic mass is 16.5. The van der Waals surface area contributed by atoms with Crippen molar-refractivity contribution in [3.05, 3.63) is 11.9 Å². The number of esters is 1. The maximum Gasteiger partial charge on any atom is 0.330 e. The number of anilines is 1. The molecule has 0 aromatic carbocycles. The molecule has 0 saturated heterocycles. The van der Waals surface area contributed by atoms with Crippen molar-refractivity contribution in [1.82, 2.24) is 9.78 Å². The second-order valence-corrected chi connectivity index (χ2v) is 3.31. The Morgan fingerprint density at radius 1 is 1.67 bits per heavy atom. The van der Waals surface area contributed by atoms with Gasteiger partial charge in [-0.25, -0.2) is 4.79 Å². The van der Waals surface area contributed by atoms with Gasteiger partial charge >= 0.3 is 5.97 Å². The molecule has 0 spiro atoms. The van der Waals surface area contributed by atoms with Crippen LogP contribution in [0.3, 0.4) is 0 Å². The number of ether oxygens (including phenoxy) is 1. The Labute approximate surface area is 89.2 Å². The van der Waals surface area contributed by atoms with Crippen molar-refractivity contribution in [2.24, 2.45) is 0 Å². The fourth-order valence-electron chi connectivity index (χ4n) is 1.43. The molecule has 0 aliphatic rings. The summed E-state index contributed by atoms with van der Waals surface area (Å²) in [6.07, 6.45) is 2.19. The SMILES string of the molecule is CCOC(=O)C(CC)n1ncc(N)c1C. The Bertz CT molecular complexity index is 346. The zero-order chi connectivity index (χ0) is 11.4. The van der Waals surface area contributed by atoms with Crippen molar-refractivity contribution >= 4 is 11.7 Å². The first kappa shape index (κ1) is 11.6. The summed E-state index contributed by atoms with van der Waals surface area (Å²) in [6, 6.07) is -0.373. The average Bonchev–Trinajstić information content (AvgIpc) is 2.51. The lowest BCUT2D eigenvalue weighted by Gasteiger charge is -2.15. The van der Waals surface area contributed by atoms with Crippen LogP contribution in [0.25, 0.3) is 0 Å². The molecule has 0 radical (unpaired) electrons. The van der Waals surface area contributed by atoms with Crippen LogP contribution in [0.4, 0.5) is 5.69 Å². The lowest BCUT2D eigenvalue weighted by Crippen LogP contribution is -2.23. The smallest absolute Gasteiger partial charge is 0.330 e. The lowest BCUT2D eigenvalue weighted by molar-refractivity contribution is -0.147. The number of carbonyl (C=O) groups excluding carboxylic acids is 1. The minimum absolute atomic E-state index is 0.258. The third-order valence-electron chi connectivity index (χ3n) is 2.32. The molecule has 0 fully saturated rings. The normalized spacial score (nSPS) is 12.5. The molecular weight excluding hydrogens is 194 g/mol. The van der Waals surface area contributed by atoms with Gasteiger partial charge in [0.1, 0.15) is 6.04 Å². The third-order valence-corrected chi connectivity index (χ3v) is 2.32. The number of rotatable bonds is 4. The second kappa shape index (κ2) is 4.82. The van der Waals surface area contributed by atoms with E-state index in [9.17, 15) is 4.79 Å². The summed E-state index contributed by atoms with van der Waals surface area (Å²) in [5.74, 6) is -0.258. The molecule has 5 heteroatoms. The molecule has 0 bridgehead atoms. The van der Waals surface area contributed by atoms with Gasteiger partial charge in [-0.2, -0.15) is 5.10 Å². The summed E-state index contributed by atoms with van der Waals surface area (Å²) in [5, 5.41) is 4.08. The van der Waals surface area contributed by atoms with Gasteiger partial charge in [-0.05, 0) is 20.3 Å².